The lowest BCUT2D eigenvalue weighted by atomic mass is 10.1. The minimum absolute atomic E-state index is 0.252. The predicted octanol–water partition coefficient (Wildman–Crippen LogP) is -1.54. The number of carbonyl (C=O) groups is 2. The zero-order chi connectivity index (χ0) is 15.1. The summed E-state index contributed by atoms with van der Waals surface area (Å²) in [6, 6.07) is 0. The molecule has 4 N–H and O–H groups in total. The number of rotatable bonds is 4. The van der Waals surface area contributed by atoms with E-state index in [1.807, 2.05) is 0 Å². The molecule has 2 aliphatic rings. The Hall–Kier alpha value is -1.22. The zero-order valence-corrected chi connectivity index (χ0v) is 11.7. The first-order valence-corrected chi connectivity index (χ1v) is 6.47. The Labute approximate surface area is 116 Å². The summed E-state index contributed by atoms with van der Waals surface area (Å²) in [6.45, 7) is 4.64. The van der Waals surface area contributed by atoms with Crippen LogP contribution in [0.2, 0.25) is 0 Å². The van der Waals surface area contributed by atoms with E-state index in [1.165, 1.54) is 6.92 Å². The third-order valence-electron chi connectivity index (χ3n) is 3.43. The molecule has 2 saturated heterocycles. The van der Waals surface area contributed by atoms with Gasteiger partial charge in [0.1, 0.15) is 24.2 Å². The van der Waals surface area contributed by atoms with Crippen molar-refractivity contribution in [3.8, 4) is 0 Å². The van der Waals surface area contributed by atoms with E-state index in [0.29, 0.717) is 0 Å². The number of nitrogens with one attached hydrogen (secondary N) is 1. The molecular formula is C12H20N2O6. The molecule has 2 amide bonds. The maximum Gasteiger partial charge on any atom is 0.234 e. The van der Waals surface area contributed by atoms with Crippen LogP contribution < -0.4 is 11.1 Å². The average Bonchev–Trinajstić information content (AvgIpc) is 2.82. The molecule has 1 unspecified atom stereocenters. The maximum absolute atomic E-state index is 11.8. The van der Waals surface area contributed by atoms with Gasteiger partial charge in [-0.15, -0.1) is 0 Å². The third-order valence-corrected chi connectivity index (χ3v) is 3.43. The lowest BCUT2D eigenvalue weighted by Crippen LogP contribution is -2.47. The molecule has 0 spiro atoms. The summed E-state index contributed by atoms with van der Waals surface area (Å²) in [5.74, 6) is -3.06. The van der Waals surface area contributed by atoms with Crippen LogP contribution in [0.15, 0.2) is 0 Å². The van der Waals surface area contributed by atoms with Crippen LogP contribution in [0.1, 0.15) is 20.8 Å². The topological polar surface area (TPSA) is 120 Å². The number of fused-ring (bicyclic) bond motifs is 1. The minimum atomic E-state index is -0.972. The number of hydrogen-bond donors (Lipinski definition) is 3. The van der Waals surface area contributed by atoms with E-state index >= 15 is 0 Å². The summed E-state index contributed by atoms with van der Waals surface area (Å²) in [7, 11) is 0. The van der Waals surface area contributed by atoms with Crippen molar-refractivity contribution >= 4 is 11.8 Å². The molecule has 0 aromatic rings. The van der Waals surface area contributed by atoms with E-state index in [-0.39, 0.29) is 6.61 Å². The third kappa shape index (κ3) is 2.78. The summed E-state index contributed by atoms with van der Waals surface area (Å²) < 4.78 is 16.8. The van der Waals surface area contributed by atoms with E-state index in [1.54, 1.807) is 13.8 Å². The molecule has 2 fully saturated rings. The first-order valence-electron chi connectivity index (χ1n) is 6.47. The Balaban J connectivity index is 2.06. The normalized spacial score (nSPS) is 36.4. The molecule has 0 saturated carbocycles. The molecule has 0 aromatic carbocycles. The van der Waals surface area contributed by atoms with Crippen molar-refractivity contribution in [2.75, 3.05) is 6.61 Å². The lowest BCUT2D eigenvalue weighted by Gasteiger charge is -2.24. The summed E-state index contributed by atoms with van der Waals surface area (Å²) in [5, 5.41) is 11.8. The summed E-state index contributed by atoms with van der Waals surface area (Å²) in [4.78, 5) is 22.8. The largest absolute Gasteiger partial charge is 0.394 e. The highest BCUT2D eigenvalue weighted by Gasteiger charge is 2.55. The lowest BCUT2D eigenvalue weighted by molar-refractivity contribution is -0.194. The molecule has 2 rings (SSSR count). The molecule has 8 nitrogen and oxygen atoms in total. The van der Waals surface area contributed by atoms with Crippen molar-refractivity contribution in [1.29, 1.82) is 0 Å². The fourth-order valence-corrected chi connectivity index (χ4v) is 2.34. The Morgan fingerprint density at radius 2 is 1.95 bits per heavy atom. The van der Waals surface area contributed by atoms with Crippen molar-refractivity contribution in [2.45, 2.75) is 51.1 Å². The van der Waals surface area contributed by atoms with E-state index < -0.39 is 48.1 Å². The van der Waals surface area contributed by atoms with Crippen LogP contribution >= 0.6 is 0 Å². The quantitative estimate of drug-likeness (QED) is 0.539. The van der Waals surface area contributed by atoms with Crippen molar-refractivity contribution < 1.29 is 28.9 Å². The maximum atomic E-state index is 11.8. The van der Waals surface area contributed by atoms with Gasteiger partial charge in [0.05, 0.1) is 6.61 Å². The molecular weight excluding hydrogens is 268 g/mol. The van der Waals surface area contributed by atoms with Gasteiger partial charge in [-0.05, 0) is 20.8 Å². The highest BCUT2D eigenvalue weighted by molar-refractivity contribution is 5.99. The van der Waals surface area contributed by atoms with Gasteiger partial charge in [0, 0.05) is 0 Å². The highest BCUT2D eigenvalue weighted by Crippen LogP contribution is 2.37. The fourth-order valence-electron chi connectivity index (χ4n) is 2.34. The van der Waals surface area contributed by atoms with E-state index in [2.05, 4.69) is 5.32 Å². The van der Waals surface area contributed by atoms with Gasteiger partial charge in [0.15, 0.2) is 12.0 Å². The van der Waals surface area contributed by atoms with Gasteiger partial charge in [-0.3, -0.25) is 9.59 Å². The van der Waals surface area contributed by atoms with Crippen LogP contribution in [0, 0.1) is 5.92 Å². The van der Waals surface area contributed by atoms with Crippen LogP contribution in [0.5, 0.6) is 0 Å². The van der Waals surface area contributed by atoms with Gasteiger partial charge < -0.3 is 30.4 Å². The van der Waals surface area contributed by atoms with Gasteiger partial charge in [-0.1, -0.05) is 0 Å². The van der Waals surface area contributed by atoms with Crippen molar-refractivity contribution in [1.82, 2.24) is 5.32 Å². The summed E-state index contributed by atoms with van der Waals surface area (Å²) in [6.07, 6.45) is -2.38. The van der Waals surface area contributed by atoms with Crippen molar-refractivity contribution in [3.05, 3.63) is 0 Å². The molecule has 0 aromatic heterocycles. The van der Waals surface area contributed by atoms with Crippen LogP contribution in [0.3, 0.4) is 0 Å². The van der Waals surface area contributed by atoms with Crippen LogP contribution in [-0.2, 0) is 23.8 Å². The smallest absolute Gasteiger partial charge is 0.234 e. The SMILES string of the molecule is CC(C(N)=O)C(=O)N[C@@H]1O[C@H](CO)[C@H]2OC(C)(C)O[C@H]21. The van der Waals surface area contributed by atoms with E-state index in [9.17, 15) is 14.7 Å². The van der Waals surface area contributed by atoms with Gasteiger partial charge in [-0.25, -0.2) is 0 Å². The van der Waals surface area contributed by atoms with Crippen molar-refractivity contribution in [2.24, 2.45) is 11.7 Å². The highest BCUT2D eigenvalue weighted by atomic mass is 16.8. The van der Waals surface area contributed by atoms with E-state index in [4.69, 9.17) is 19.9 Å². The second-order valence-corrected chi connectivity index (χ2v) is 5.48. The first kappa shape index (κ1) is 15.2. The second kappa shape index (κ2) is 5.28. The molecule has 0 radical (unpaired) electrons. The van der Waals surface area contributed by atoms with Crippen LogP contribution in [0.25, 0.3) is 0 Å². The molecule has 0 aliphatic carbocycles. The van der Waals surface area contributed by atoms with Crippen LogP contribution in [-0.4, -0.2) is 53.9 Å². The second-order valence-electron chi connectivity index (χ2n) is 5.48. The standard InChI is InChI=1S/C12H20N2O6/c1-5(9(13)16)10(17)14-11-8-7(6(4-15)18-11)19-12(2,3)20-8/h5-8,11,15H,4H2,1-3H3,(H2,13,16)(H,14,17)/t5?,6-,7-,8-,11-/m1/s1. The molecule has 20 heavy (non-hydrogen) atoms. The summed E-state index contributed by atoms with van der Waals surface area (Å²) >= 11 is 0. The molecule has 5 atom stereocenters. The van der Waals surface area contributed by atoms with Gasteiger partial charge in [0.25, 0.3) is 0 Å². The number of amides is 2. The Bertz CT molecular complexity index is 413. The average molecular weight is 288 g/mol. The minimum Gasteiger partial charge on any atom is -0.394 e. The van der Waals surface area contributed by atoms with Gasteiger partial charge in [-0.2, -0.15) is 0 Å². The van der Waals surface area contributed by atoms with Gasteiger partial charge >= 0.3 is 0 Å². The molecule has 2 aliphatic heterocycles. The molecule has 2 heterocycles. The molecule has 0 bridgehead atoms. The molecule has 8 heteroatoms. The fraction of sp³-hybridized carbons (Fsp3) is 0.833. The number of aliphatic hydroxyl groups is 1. The number of ether oxygens (including phenoxy) is 3. The van der Waals surface area contributed by atoms with Crippen molar-refractivity contribution in [3.63, 3.8) is 0 Å². The van der Waals surface area contributed by atoms with Crippen LogP contribution in [0.4, 0.5) is 0 Å². The number of aliphatic hydroxyl groups excluding tert-OH is 1. The number of primary amides is 1. The monoisotopic (exact) mass is 288 g/mol. The first-order chi connectivity index (χ1) is 9.25. The summed E-state index contributed by atoms with van der Waals surface area (Å²) in [5.41, 5.74) is 5.08. The number of nitrogens with two attached hydrogens (primary N) is 1. The number of carbonyl (C=O) groups excluding carboxylic acids is 2. The van der Waals surface area contributed by atoms with Gasteiger partial charge in [0.2, 0.25) is 11.8 Å². The Morgan fingerprint density at radius 1 is 1.35 bits per heavy atom. The van der Waals surface area contributed by atoms with E-state index in [0.717, 1.165) is 0 Å². The zero-order valence-electron chi connectivity index (χ0n) is 11.7. The number of hydrogen-bond acceptors (Lipinski definition) is 6. The Morgan fingerprint density at radius 3 is 2.50 bits per heavy atom. The predicted molar refractivity (Wildman–Crippen MR) is 66.1 cm³/mol. The molecule has 114 valence electrons. The Kier molecular flexibility index (Phi) is 4.01.